The SMILES string of the molecule is OC1CN(C(c2ccccc2)c2ccccc2)C1C(F)F. The minimum absolute atomic E-state index is 0.255. The van der Waals surface area contributed by atoms with Crippen molar-refractivity contribution in [3.05, 3.63) is 71.8 Å². The van der Waals surface area contributed by atoms with Crippen molar-refractivity contribution in [2.45, 2.75) is 24.6 Å². The van der Waals surface area contributed by atoms with Gasteiger partial charge in [-0.2, -0.15) is 0 Å². The standard InChI is InChI=1S/C17H17F2NO/c18-17(19)16-14(21)11-20(16)15(12-7-3-1-4-8-12)13-9-5-2-6-10-13/h1-10,14-17,21H,11H2. The number of β-amino-alcohol motifs (C(OH)–C–C–N with tert-alkyl or cyclic N) is 1. The molecule has 2 nitrogen and oxygen atoms in total. The van der Waals surface area contributed by atoms with Crippen LogP contribution in [0.2, 0.25) is 0 Å². The third kappa shape index (κ3) is 2.69. The van der Waals surface area contributed by atoms with E-state index in [1.807, 2.05) is 60.7 Å². The zero-order valence-corrected chi connectivity index (χ0v) is 11.4. The van der Waals surface area contributed by atoms with Gasteiger partial charge in [-0.15, -0.1) is 0 Å². The maximum Gasteiger partial charge on any atom is 0.256 e. The Labute approximate surface area is 122 Å². The largest absolute Gasteiger partial charge is 0.390 e. The lowest BCUT2D eigenvalue weighted by molar-refractivity contribution is -0.138. The molecule has 0 aliphatic carbocycles. The number of aliphatic hydroxyl groups is 1. The summed E-state index contributed by atoms with van der Waals surface area (Å²) in [5.74, 6) is 0. The van der Waals surface area contributed by atoms with E-state index in [-0.39, 0.29) is 12.6 Å². The number of aliphatic hydroxyl groups excluding tert-OH is 1. The van der Waals surface area contributed by atoms with Crippen molar-refractivity contribution in [3.8, 4) is 0 Å². The molecule has 2 aromatic carbocycles. The van der Waals surface area contributed by atoms with Crippen molar-refractivity contribution in [2.75, 3.05) is 6.54 Å². The summed E-state index contributed by atoms with van der Waals surface area (Å²) < 4.78 is 26.3. The van der Waals surface area contributed by atoms with Crippen LogP contribution in [0.5, 0.6) is 0 Å². The summed E-state index contributed by atoms with van der Waals surface area (Å²) in [5, 5.41) is 9.67. The average molecular weight is 289 g/mol. The zero-order valence-electron chi connectivity index (χ0n) is 11.4. The van der Waals surface area contributed by atoms with Crippen molar-refractivity contribution in [3.63, 3.8) is 0 Å². The lowest BCUT2D eigenvalue weighted by atomic mass is 9.89. The molecule has 1 fully saturated rings. The quantitative estimate of drug-likeness (QED) is 0.935. The number of rotatable bonds is 4. The molecule has 0 radical (unpaired) electrons. The molecule has 2 aromatic rings. The third-order valence-electron chi connectivity index (χ3n) is 4.00. The fraction of sp³-hybridized carbons (Fsp3) is 0.294. The summed E-state index contributed by atoms with van der Waals surface area (Å²) >= 11 is 0. The van der Waals surface area contributed by atoms with Crippen molar-refractivity contribution < 1.29 is 13.9 Å². The normalized spacial score (nSPS) is 22.5. The van der Waals surface area contributed by atoms with E-state index in [4.69, 9.17) is 0 Å². The predicted octanol–water partition coefficient (Wildman–Crippen LogP) is 3.09. The van der Waals surface area contributed by atoms with Crippen LogP contribution < -0.4 is 0 Å². The van der Waals surface area contributed by atoms with Crippen LogP contribution in [0.15, 0.2) is 60.7 Å². The molecule has 1 saturated heterocycles. The van der Waals surface area contributed by atoms with Gasteiger partial charge < -0.3 is 5.11 Å². The Morgan fingerprint density at radius 1 is 0.905 bits per heavy atom. The number of likely N-dealkylation sites (tertiary alicyclic amines) is 1. The molecule has 0 spiro atoms. The Morgan fingerprint density at radius 2 is 1.38 bits per heavy atom. The molecule has 1 aliphatic rings. The molecular weight excluding hydrogens is 272 g/mol. The van der Waals surface area contributed by atoms with E-state index in [9.17, 15) is 13.9 Å². The first-order valence-electron chi connectivity index (χ1n) is 7.00. The number of hydrogen-bond donors (Lipinski definition) is 1. The van der Waals surface area contributed by atoms with Crippen molar-refractivity contribution >= 4 is 0 Å². The maximum absolute atomic E-state index is 13.2. The monoisotopic (exact) mass is 289 g/mol. The third-order valence-corrected chi connectivity index (χ3v) is 4.00. The summed E-state index contributed by atoms with van der Waals surface area (Å²) in [6, 6.07) is 17.8. The molecule has 21 heavy (non-hydrogen) atoms. The Kier molecular flexibility index (Phi) is 3.99. The van der Waals surface area contributed by atoms with Crippen LogP contribution in [0.25, 0.3) is 0 Å². The van der Waals surface area contributed by atoms with E-state index in [0.717, 1.165) is 11.1 Å². The number of halogens is 2. The minimum atomic E-state index is -2.55. The van der Waals surface area contributed by atoms with Crippen LogP contribution in [0.1, 0.15) is 17.2 Å². The highest BCUT2D eigenvalue weighted by Crippen LogP contribution is 2.37. The van der Waals surface area contributed by atoms with Crippen molar-refractivity contribution in [2.24, 2.45) is 0 Å². The van der Waals surface area contributed by atoms with E-state index in [1.54, 1.807) is 4.90 Å². The number of alkyl halides is 2. The highest BCUT2D eigenvalue weighted by Gasteiger charge is 2.47. The van der Waals surface area contributed by atoms with Gasteiger partial charge in [0, 0.05) is 6.54 Å². The molecule has 2 unspecified atom stereocenters. The molecule has 0 bridgehead atoms. The molecule has 2 atom stereocenters. The molecule has 1 heterocycles. The highest BCUT2D eigenvalue weighted by molar-refractivity contribution is 5.33. The van der Waals surface area contributed by atoms with E-state index >= 15 is 0 Å². The van der Waals surface area contributed by atoms with Gasteiger partial charge in [0.25, 0.3) is 6.43 Å². The van der Waals surface area contributed by atoms with Crippen LogP contribution in [0.4, 0.5) is 8.78 Å². The summed E-state index contributed by atoms with van der Waals surface area (Å²) in [7, 11) is 0. The summed E-state index contributed by atoms with van der Waals surface area (Å²) in [6.45, 7) is 0.267. The van der Waals surface area contributed by atoms with Gasteiger partial charge in [-0.3, -0.25) is 4.90 Å². The van der Waals surface area contributed by atoms with Crippen molar-refractivity contribution in [1.29, 1.82) is 0 Å². The van der Waals surface area contributed by atoms with E-state index < -0.39 is 18.6 Å². The smallest absolute Gasteiger partial charge is 0.256 e. The van der Waals surface area contributed by atoms with Crippen LogP contribution in [0.3, 0.4) is 0 Å². The van der Waals surface area contributed by atoms with Gasteiger partial charge in [-0.25, -0.2) is 8.78 Å². The zero-order chi connectivity index (χ0) is 14.8. The van der Waals surface area contributed by atoms with Gasteiger partial charge in [0.1, 0.15) is 0 Å². The maximum atomic E-state index is 13.2. The minimum Gasteiger partial charge on any atom is -0.390 e. The Bertz CT molecular complexity index is 532. The predicted molar refractivity (Wildman–Crippen MR) is 77.2 cm³/mol. The molecule has 1 aliphatic heterocycles. The summed E-state index contributed by atoms with van der Waals surface area (Å²) in [4.78, 5) is 1.68. The first-order valence-corrected chi connectivity index (χ1v) is 7.00. The lowest BCUT2D eigenvalue weighted by Crippen LogP contribution is -2.64. The highest BCUT2D eigenvalue weighted by atomic mass is 19.3. The van der Waals surface area contributed by atoms with E-state index in [1.165, 1.54) is 0 Å². The Morgan fingerprint density at radius 3 is 1.76 bits per heavy atom. The summed E-state index contributed by atoms with van der Waals surface area (Å²) in [6.07, 6.45) is -3.51. The molecule has 3 rings (SSSR count). The molecule has 0 saturated carbocycles. The lowest BCUT2D eigenvalue weighted by Gasteiger charge is -2.49. The van der Waals surface area contributed by atoms with Crippen LogP contribution in [-0.2, 0) is 0 Å². The summed E-state index contributed by atoms with van der Waals surface area (Å²) in [5.41, 5.74) is 1.92. The van der Waals surface area contributed by atoms with E-state index in [0.29, 0.717) is 0 Å². The fourth-order valence-electron chi connectivity index (χ4n) is 2.97. The van der Waals surface area contributed by atoms with Gasteiger partial charge >= 0.3 is 0 Å². The van der Waals surface area contributed by atoms with E-state index in [2.05, 4.69) is 0 Å². The molecule has 110 valence electrons. The first-order chi connectivity index (χ1) is 10.2. The molecule has 4 heteroatoms. The van der Waals surface area contributed by atoms with Gasteiger partial charge in [0.05, 0.1) is 18.2 Å². The second kappa shape index (κ2) is 5.92. The van der Waals surface area contributed by atoms with Gasteiger partial charge in [-0.05, 0) is 11.1 Å². The molecule has 0 amide bonds. The average Bonchev–Trinajstić information content (AvgIpc) is 2.48. The van der Waals surface area contributed by atoms with Crippen molar-refractivity contribution in [1.82, 2.24) is 4.90 Å². The number of hydrogen-bond acceptors (Lipinski definition) is 2. The molecule has 0 aromatic heterocycles. The first kappa shape index (κ1) is 14.2. The number of benzene rings is 2. The van der Waals surface area contributed by atoms with Gasteiger partial charge in [0.2, 0.25) is 0 Å². The molecular formula is C17H17F2NO. The second-order valence-electron chi connectivity index (χ2n) is 5.31. The topological polar surface area (TPSA) is 23.5 Å². The Balaban J connectivity index is 1.98. The fourth-order valence-corrected chi connectivity index (χ4v) is 2.97. The second-order valence-corrected chi connectivity index (χ2v) is 5.31. The molecule has 1 N–H and O–H groups in total. The van der Waals surface area contributed by atoms with Gasteiger partial charge in [0.15, 0.2) is 0 Å². The van der Waals surface area contributed by atoms with Gasteiger partial charge in [-0.1, -0.05) is 60.7 Å². The number of nitrogens with zero attached hydrogens (tertiary/aromatic N) is 1. The van der Waals surface area contributed by atoms with Crippen LogP contribution in [0, 0.1) is 0 Å². The Hall–Kier alpha value is -1.78. The van der Waals surface area contributed by atoms with Crippen LogP contribution in [-0.4, -0.2) is 35.1 Å². The van der Waals surface area contributed by atoms with Crippen LogP contribution >= 0.6 is 0 Å².